The van der Waals surface area contributed by atoms with Crippen molar-refractivity contribution in [1.29, 1.82) is 0 Å². The van der Waals surface area contributed by atoms with E-state index in [-0.39, 0.29) is 13.2 Å². The molecular formula is C17H28O3. The van der Waals surface area contributed by atoms with Crippen LogP contribution in [0.15, 0.2) is 24.3 Å². The molecule has 0 aliphatic carbocycles. The average molecular weight is 280 g/mol. The Morgan fingerprint density at radius 1 is 1.05 bits per heavy atom. The van der Waals surface area contributed by atoms with E-state index in [1.54, 1.807) is 0 Å². The number of aliphatic hydroxyl groups is 2. The molecule has 0 spiro atoms. The summed E-state index contributed by atoms with van der Waals surface area (Å²) in [6.07, 6.45) is 1.66. The van der Waals surface area contributed by atoms with E-state index in [0.29, 0.717) is 18.9 Å². The summed E-state index contributed by atoms with van der Waals surface area (Å²) in [5.41, 5.74) is 1.54. The van der Waals surface area contributed by atoms with Gasteiger partial charge < -0.3 is 14.9 Å². The summed E-state index contributed by atoms with van der Waals surface area (Å²) >= 11 is 0. The maximum absolute atomic E-state index is 9.73. The predicted octanol–water partition coefficient (Wildman–Crippen LogP) is 2.67. The van der Waals surface area contributed by atoms with E-state index in [1.165, 1.54) is 5.56 Å². The molecule has 0 aromatic heterocycles. The van der Waals surface area contributed by atoms with Crippen molar-refractivity contribution < 1.29 is 14.9 Å². The lowest BCUT2D eigenvalue weighted by Gasteiger charge is -2.30. The Balaban J connectivity index is 2.60. The summed E-state index contributed by atoms with van der Waals surface area (Å²) in [7, 11) is 0. The van der Waals surface area contributed by atoms with Crippen LogP contribution in [0.25, 0.3) is 0 Å². The van der Waals surface area contributed by atoms with Gasteiger partial charge in [-0.2, -0.15) is 0 Å². The van der Waals surface area contributed by atoms with E-state index >= 15 is 0 Å². The first kappa shape index (κ1) is 17.2. The SMILES string of the molecule is Cc1ccc(C(CO)(CO)CCOCCC(C)C)cc1. The fourth-order valence-corrected chi connectivity index (χ4v) is 2.13. The van der Waals surface area contributed by atoms with Gasteiger partial charge in [-0.25, -0.2) is 0 Å². The topological polar surface area (TPSA) is 49.7 Å². The maximum atomic E-state index is 9.73. The zero-order chi connectivity index (χ0) is 15.0. The molecule has 3 nitrogen and oxygen atoms in total. The van der Waals surface area contributed by atoms with Crippen molar-refractivity contribution in [2.75, 3.05) is 26.4 Å². The number of aliphatic hydroxyl groups excluding tert-OH is 2. The molecule has 20 heavy (non-hydrogen) atoms. The summed E-state index contributed by atoms with van der Waals surface area (Å²) in [6, 6.07) is 7.98. The van der Waals surface area contributed by atoms with Gasteiger partial charge in [-0.3, -0.25) is 0 Å². The van der Waals surface area contributed by atoms with Crippen molar-refractivity contribution in [3.63, 3.8) is 0 Å². The van der Waals surface area contributed by atoms with E-state index in [0.717, 1.165) is 18.6 Å². The lowest BCUT2D eigenvalue weighted by Crippen LogP contribution is -2.36. The normalized spacial score (nSPS) is 12.1. The van der Waals surface area contributed by atoms with Crippen LogP contribution in [0, 0.1) is 12.8 Å². The van der Waals surface area contributed by atoms with Crippen LogP contribution in [0.3, 0.4) is 0 Å². The minimum absolute atomic E-state index is 0.0693. The highest BCUT2D eigenvalue weighted by Crippen LogP contribution is 2.27. The van der Waals surface area contributed by atoms with Gasteiger partial charge in [0.2, 0.25) is 0 Å². The largest absolute Gasteiger partial charge is 0.395 e. The van der Waals surface area contributed by atoms with Gasteiger partial charge >= 0.3 is 0 Å². The number of benzene rings is 1. The van der Waals surface area contributed by atoms with Crippen molar-refractivity contribution in [3.05, 3.63) is 35.4 Å². The third-order valence-corrected chi connectivity index (χ3v) is 3.83. The maximum Gasteiger partial charge on any atom is 0.0550 e. The Morgan fingerprint density at radius 2 is 1.65 bits per heavy atom. The smallest absolute Gasteiger partial charge is 0.0550 e. The molecule has 0 unspecified atom stereocenters. The Morgan fingerprint density at radius 3 is 2.15 bits per heavy atom. The fourth-order valence-electron chi connectivity index (χ4n) is 2.13. The van der Waals surface area contributed by atoms with Crippen LogP contribution in [-0.2, 0) is 10.2 Å². The molecule has 0 bridgehead atoms. The van der Waals surface area contributed by atoms with Crippen LogP contribution in [0.1, 0.15) is 37.8 Å². The zero-order valence-corrected chi connectivity index (χ0v) is 12.9. The standard InChI is InChI=1S/C17H28O3/c1-14(2)8-10-20-11-9-17(12-18,13-19)16-6-4-15(3)5-7-16/h4-7,14,18-19H,8-13H2,1-3H3. The summed E-state index contributed by atoms with van der Waals surface area (Å²) < 4.78 is 5.63. The molecule has 0 atom stereocenters. The molecule has 2 N–H and O–H groups in total. The van der Waals surface area contributed by atoms with Crippen molar-refractivity contribution in [1.82, 2.24) is 0 Å². The van der Waals surface area contributed by atoms with Crippen molar-refractivity contribution in [3.8, 4) is 0 Å². The van der Waals surface area contributed by atoms with E-state index in [1.807, 2.05) is 31.2 Å². The van der Waals surface area contributed by atoms with Crippen LogP contribution in [0.2, 0.25) is 0 Å². The zero-order valence-electron chi connectivity index (χ0n) is 12.9. The van der Waals surface area contributed by atoms with Gasteiger partial charge in [-0.1, -0.05) is 43.7 Å². The van der Waals surface area contributed by atoms with Crippen LogP contribution in [-0.4, -0.2) is 36.6 Å². The molecular weight excluding hydrogens is 252 g/mol. The van der Waals surface area contributed by atoms with E-state index < -0.39 is 5.41 Å². The number of ether oxygens (including phenoxy) is 1. The second-order valence-corrected chi connectivity index (χ2v) is 6.01. The molecule has 0 radical (unpaired) electrons. The van der Waals surface area contributed by atoms with Crippen LogP contribution >= 0.6 is 0 Å². The minimum atomic E-state index is -0.606. The molecule has 0 aliphatic heterocycles. The van der Waals surface area contributed by atoms with Gasteiger partial charge in [0.15, 0.2) is 0 Å². The first-order valence-corrected chi connectivity index (χ1v) is 7.40. The van der Waals surface area contributed by atoms with Gasteiger partial charge in [0, 0.05) is 18.6 Å². The Hall–Kier alpha value is -0.900. The third-order valence-electron chi connectivity index (χ3n) is 3.83. The predicted molar refractivity (Wildman–Crippen MR) is 81.9 cm³/mol. The summed E-state index contributed by atoms with van der Waals surface area (Å²) in [5, 5.41) is 19.5. The summed E-state index contributed by atoms with van der Waals surface area (Å²) in [5.74, 6) is 0.632. The number of aryl methyl sites for hydroxylation is 1. The van der Waals surface area contributed by atoms with Crippen molar-refractivity contribution in [2.24, 2.45) is 5.92 Å². The molecule has 1 aromatic carbocycles. The van der Waals surface area contributed by atoms with Crippen LogP contribution in [0.4, 0.5) is 0 Å². The van der Waals surface area contributed by atoms with E-state index in [4.69, 9.17) is 4.74 Å². The third kappa shape index (κ3) is 4.89. The summed E-state index contributed by atoms with van der Waals surface area (Å²) in [4.78, 5) is 0. The molecule has 1 aromatic rings. The van der Waals surface area contributed by atoms with E-state index in [2.05, 4.69) is 13.8 Å². The molecule has 3 heteroatoms. The average Bonchev–Trinajstić information content (AvgIpc) is 2.44. The number of rotatable bonds is 9. The molecule has 0 saturated carbocycles. The van der Waals surface area contributed by atoms with Gasteiger partial charge in [0.25, 0.3) is 0 Å². The van der Waals surface area contributed by atoms with E-state index in [9.17, 15) is 10.2 Å². The Bertz CT molecular complexity index is 366. The molecule has 0 saturated heterocycles. The molecule has 0 fully saturated rings. The second kappa shape index (κ2) is 8.40. The molecule has 0 aliphatic rings. The molecule has 114 valence electrons. The highest BCUT2D eigenvalue weighted by Gasteiger charge is 2.30. The number of hydrogen-bond acceptors (Lipinski definition) is 3. The lowest BCUT2D eigenvalue weighted by molar-refractivity contribution is 0.0591. The Kier molecular flexibility index (Phi) is 7.20. The molecule has 1 rings (SSSR count). The molecule has 0 heterocycles. The summed E-state index contributed by atoms with van der Waals surface area (Å²) in [6.45, 7) is 7.52. The van der Waals surface area contributed by atoms with Gasteiger partial charge in [0.05, 0.1) is 13.2 Å². The number of hydrogen-bond donors (Lipinski definition) is 2. The monoisotopic (exact) mass is 280 g/mol. The second-order valence-electron chi connectivity index (χ2n) is 6.01. The van der Waals surface area contributed by atoms with Crippen molar-refractivity contribution >= 4 is 0 Å². The van der Waals surface area contributed by atoms with Crippen molar-refractivity contribution in [2.45, 2.75) is 39.0 Å². The first-order valence-electron chi connectivity index (χ1n) is 7.40. The fraction of sp³-hybridized carbons (Fsp3) is 0.647. The first-order chi connectivity index (χ1) is 9.54. The lowest BCUT2D eigenvalue weighted by atomic mass is 9.79. The Labute approximate surface area is 122 Å². The minimum Gasteiger partial charge on any atom is -0.395 e. The highest BCUT2D eigenvalue weighted by atomic mass is 16.5. The van der Waals surface area contributed by atoms with Gasteiger partial charge in [-0.15, -0.1) is 0 Å². The van der Waals surface area contributed by atoms with Gasteiger partial charge in [0.1, 0.15) is 0 Å². The quantitative estimate of drug-likeness (QED) is 0.684. The van der Waals surface area contributed by atoms with Gasteiger partial charge in [-0.05, 0) is 31.2 Å². The van der Waals surface area contributed by atoms with Crippen LogP contribution in [0.5, 0.6) is 0 Å². The highest BCUT2D eigenvalue weighted by molar-refractivity contribution is 5.29. The molecule has 0 amide bonds. The van der Waals surface area contributed by atoms with Crippen LogP contribution < -0.4 is 0 Å².